The number of hydrogen-bond acceptors (Lipinski definition) is 3. The van der Waals surface area contributed by atoms with Gasteiger partial charge in [0.05, 0.1) is 5.56 Å². The van der Waals surface area contributed by atoms with Crippen LogP contribution in [0.25, 0.3) is 0 Å². The molecule has 0 bridgehead atoms. The number of nitrogens with one attached hydrogen (secondary N) is 1. The Bertz CT molecular complexity index is 464. The Kier molecular flexibility index (Phi) is 4.66. The van der Waals surface area contributed by atoms with Crippen molar-refractivity contribution in [2.24, 2.45) is 11.5 Å². The van der Waals surface area contributed by atoms with E-state index in [1.165, 1.54) is 12.8 Å². The van der Waals surface area contributed by atoms with E-state index in [2.05, 4.69) is 5.32 Å². The molecular formula is C14H20ClN3O. The molecule has 1 aliphatic carbocycles. The smallest absolute Gasteiger partial charge is 0.250 e. The second-order valence-corrected chi connectivity index (χ2v) is 5.54. The van der Waals surface area contributed by atoms with Gasteiger partial charge in [0.2, 0.25) is 0 Å². The predicted octanol–water partition coefficient (Wildman–Crippen LogP) is 2.51. The van der Waals surface area contributed by atoms with Crippen LogP contribution in [0.15, 0.2) is 18.2 Å². The van der Waals surface area contributed by atoms with Crippen molar-refractivity contribution in [3.05, 3.63) is 28.8 Å². The molecule has 0 radical (unpaired) electrons. The van der Waals surface area contributed by atoms with E-state index in [1.807, 2.05) is 0 Å². The first-order chi connectivity index (χ1) is 9.08. The molecule has 5 heteroatoms. The molecular weight excluding hydrogens is 262 g/mol. The minimum absolute atomic E-state index is 0.110. The summed E-state index contributed by atoms with van der Waals surface area (Å²) in [6, 6.07) is 5.42. The van der Waals surface area contributed by atoms with Crippen molar-refractivity contribution in [1.82, 2.24) is 0 Å². The maximum atomic E-state index is 11.5. The highest BCUT2D eigenvalue weighted by molar-refractivity contribution is 6.31. The molecule has 1 fully saturated rings. The van der Waals surface area contributed by atoms with Crippen LogP contribution < -0.4 is 16.8 Å². The largest absolute Gasteiger partial charge is 0.380 e. The standard InChI is InChI=1S/C14H20ClN3O/c15-9-6-7-12(10(8-9)14(17)19)18-13-5-3-1-2-4-11(13)16/h6-8,11,13,18H,1-5,16H2,(H2,17,19). The number of rotatable bonds is 3. The van der Waals surface area contributed by atoms with Gasteiger partial charge in [-0.05, 0) is 31.0 Å². The third-order valence-electron chi connectivity index (χ3n) is 3.66. The molecule has 5 N–H and O–H groups in total. The van der Waals surface area contributed by atoms with Crippen molar-refractivity contribution in [2.45, 2.75) is 44.2 Å². The number of benzene rings is 1. The van der Waals surface area contributed by atoms with Gasteiger partial charge >= 0.3 is 0 Å². The van der Waals surface area contributed by atoms with E-state index < -0.39 is 5.91 Å². The predicted molar refractivity (Wildman–Crippen MR) is 78.4 cm³/mol. The molecule has 1 aromatic rings. The van der Waals surface area contributed by atoms with Gasteiger partial charge in [-0.3, -0.25) is 4.79 Å². The Morgan fingerprint density at radius 3 is 2.74 bits per heavy atom. The summed E-state index contributed by atoms with van der Waals surface area (Å²) in [5.41, 5.74) is 12.7. The van der Waals surface area contributed by atoms with E-state index in [9.17, 15) is 4.79 Å². The average molecular weight is 282 g/mol. The Morgan fingerprint density at radius 2 is 2.00 bits per heavy atom. The number of nitrogens with two attached hydrogens (primary N) is 2. The van der Waals surface area contributed by atoms with Crippen molar-refractivity contribution < 1.29 is 4.79 Å². The number of halogens is 1. The van der Waals surface area contributed by atoms with Gasteiger partial charge in [0.15, 0.2) is 0 Å². The number of amides is 1. The van der Waals surface area contributed by atoms with Crippen LogP contribution >= 0.6 is 11.6 Å². The van der Waals surface area contributed by atoms with Gasteiger partial charge in [-0.2, -0.15) is 0 Å². The molecule has 0 aliphatic heterocycles. The Morgan fingerprint density at radius 1 is 1.26 bits per heavy atom. The van der Waals surface area contributed by atoms with Crippen LogP contribution in [0.3, 0.4) is 0 Å². The van der Waals surface area contributed by atoms with E-state index in [0.717, 1.165) is 24.9 Å². The van der Waals surface area contributed by atoms with Crippen LogP contribution in [0.1, 0.15) is 42.5 Å². The zero-order valence-electron chi connectivity index (χ0n) is 10.9. The second kappa shape index (κ2) is 6.26. The summed E-state index contributed by atoms with van der Waals surface area (Å²) in [6.45, 7) is 0. The van der Waals surface area contributed by atoms with E-state index in [-0.39, 0.29) is 12.1 Å². The summed E-state index contributed by atoms with van der Waals surface area (Å²) in [4.78, 5) is 11.5. The lowest BCUT2D eigenvalue weighted by Crippen LogP contribution is -2.39. The first kappa shape index (κ1) is 14.2. The summed E-state index contributed by atoms with van der Waals surface area (Å²) in [5.74, 6) is -0.479. The van der Waals surface area contributed by atoms with Gasteiger partial charge in [-0.25, -0.2) is 0 Å². The van der Waals surface area contributed by atoms with Gasteiger partial charge in [0, 0.05) is 22.8 Å². The lowest BCUT2D eigenvalue weighted by atomic mass is 10.0. The zero-order chi connectivity index (χ0) is 13.8. The second-order valence-electron chi connectivity index (χ2n) is 5.11. The molecule has 1 aliphatic rings. The Labute approximate surface area is 118 Å². The van der Waals surface area contributed by atoms with Gasteiger partial charge in [0.25, 0.3) is 5.91 Å². The van der Waals surface area contributed by atoms with E-state index >= 15 is 0 Å². The third kappa shape index (κ3) is 3.61. The Balaban J connectivity index is 2.19. The molecule has 2 rings (SSSR count). The molecule has 1 saturated carbocycles. The Hall–Kier alpha value is -1.26. The van der Waals surface area contributed by atoms with Crippen LogP contribution in [0.4, 0.5) is 5.69 Å². The zero-order valence-corrected chi connectivity index (χ0v) is 11.6. The first-order valence-electron chi connectivity index (χ1n) is 6.69. The van der Waals surface area contributed by atoms with Gasteiger partial charge in [-0.15, -0.1) is 0 Å². The van der Waals surface area contributed by atoms with E-state index in [1.54, 1.807) is 18.2 Å². The van der Waals surface area contributed by atoms with Crippen LogP contribution in [0, 0.1) is 0 Å². The maximum absolute atomic E-state index is 11.5. The number of carbonyl (C=O) groups excluding carboxylic acids is 1. The molecule has 4 nitrogen and oxygen atoms in total. The molecule has 104 valence electrons. The third-order valence-corrected chi connectivity index (χ3v) is 3.89. The van der Waals surface area contributed by atoms with Crippen molar-refractivity contribution in [2.75, 3.05) is 5.32 Å². The van der Waals surface area contributed by atoms with Crippen LogP contribution in [0.2, 0.25) is 5.02 Å². The quantitative estimate of drug-likeness (QED) is 0.745. The van der Waals surface area contributed by atoms with Crippen LogP contribution in [-0.4, -0.2) is 18.0 Å². The molecule has 19 heavy (non-hydrogen) atoms. The normalized spacial score (nSPS) is 23.7. The van der Waals surface area contributed by atoms with E-state index in [0.29, 0.717) is 10.6 Å². The van der Waals surface area contributed by atoms with Gasteiger partial charge < -0.3 is 16.8 Å². The van der Waals surface area contributed by atoms with Crippen LogP contribution in [0.5, 0.6) is 0 Å². The number of hydrogen-bond donors (Lipinski definition) is 3. The topological polar surface area (TPSA) is 81.1 Å². The monoisotopic (exact) mass is 281 g/mol. The van der Waals surface area contributed by atoms with Crippen molar-refractivity contribution in [3.63, 3.8) is 0 Å². The highest BCUT2D eigenvalue weighted by Crippen LogP contribution is 2.25. The summed E-state index contributed by atoms with van der Waals surface area (Å²) in [6.07, 6.45) is 5.57. The number of carbonyl (C=O) groups is 1. The highest BCUT2D eigenvalue weighted by Gasteiger charge is 2.21. The van der Waals surface area contributed by atoms with Gasteiger partial charge in [0.1, 0.15) is 0 Å². The minimum Gasteiger partial charge on any atom is -0.380 e. The fourth-order valence-electron chi connectivity index (χ4n) is 2.56. The summed E-state index contributed by atoms with van der Waals surface area (Å²) >= 11 is 5.90. The van der Waals surface area contributed by atoms with Crippen molar-refractivity contribution >= 4 is 23.2 Å². The van der Waals surface area contributed by atoms with E-state index in [4.69, 9.17) is 23.1 Å². The fourth-order valence-corrected chi connectivity index (χ4v) is 2.73. The maximum Gasteiger partial charge on any atom is 0.250 e. The lowest BCUT2D eigenvalue weighted by Gasteiger charge is -2.25. The molecule has 0 spiro atoms. The summed E-state index contributed by atoms with van der Waals surface area (Å²) in [5, 5.41) is 3.87. The molecule has 0 aromatic heterocycles. The lowest BCUT2D eigenvalue weighted by molar-refractivity contribution is 0.100. The minimum atomic E-state index is -0.479. The summed E-state index contributed by atoms with van der Waals surface area (Å²) in [7, 11) is 0. The molecule has 2 unspecified atom stereocenters. The average Bonchev–Trinajstić information content (AvgIpc) is 2.57. The van der Waals surface area contributed by atoms with Gasteiger partial charge in [-0.1, -0.05) is 30.9 Å². The fraction of sp³-hybridized carbons (Fsp3) is 0.500. The molecule has 0 heterocycles. The molecule has 0 saturated heterocycles. The SMILES string of the molecule is NC(=O)c1cc(Cl)ccc1NC1CCCCCC1N. The highest BCUT2D eigenvalue weighted by atomic mass is 35.5. The summed E-state index contributed by atoms with van der Waals surface area (Å²) < 4.78 is 0. The molecule has 2 atom stereocenters. The van der Waals surface area contributed by atoms with Crippen molar-refractivity contribution in [1.29, 1.82) is 0 Å². The molecule has 1 aromatic carbocycles. The number of anilines is 1. The van der Waals surface area contributed by atoms with Crippen LogP contribution in [-0.2, 0) is 0 Å². The van der Waals surface area contributed by atoms with Crippen molar-refractivity contribution in [3.8, 4) is 0 Å². The number of primary amides is 1. The first-order valence-corrected chi connectivity index (χ1v) is 7.07. The molecule has 1 amide bonds.